The molecule has 9 nitrogen and oxygen atoms in total. The number of ether oxygens (including phenoxy) is 1. The first-order valence-electron chi connectivity index (χ1n) is 10.1. The zero-order valence-electron chi connectivity index (χ0n) is 18.2. The van der Waals surface area contributed by atoms with Gasteiger partial charge in [-0.3, -0.25) is 19.7 Å². The molecule has 33 heavy (non-hydrogen) atoms. The van der Waals surface area contributed by atoms with Crippen LogP contribution in [-0.2, 0) is 9.59 Å². The van der Waals surface area contributed by atoms with Crippen LogP contribution in [0.2, 0.25) is 10.0 Å². The summed E-state index contributed by atoms with van der Waals surface area (Å²) < 4.78 is 5.60. The van der Waals surface area contributed by atoms with E-state index in [0.29, 0.717) is 22.8 Å². The smallest absolute Gasteiger partial charge is 0.269 e. The number of halogens is 2. The number of hydrogen-bond acceptors (Lipinski definition) is 6. The lowest BCUT2D eigenvalue weighted by Gasteiger charge is -2.22. The van der Waals surface area contributed by atoms with Crippen molar-refractivity contribution in [3.05, 3.63) is 68.2 Å². The molecular weight excluding hydrogens is 471 g/mol. The first-order valence-corrected chi connectivity index (χ1v) is 10.8. The average molecular weight is 495 g/mol. The fourth-order valence-corrected chi connectivity index (χ4v) is 3.19. The van der Waals surface area contributed by atoms with Gasteiger partial charge in [0, 0.05) is 17.2 Å². The fourth-order valence-electron chi connectivity index (χ4n) is 2.74. The van der Waals surface area contributed by atoms with Crippen LogP contribution in [0.3, 0.4) is 0 Å². The molecule has 2 aromatic carbocycles. The number of rotatable bonds is 10. The summed E-state index contributed by atoms with van der Waals surface area (Å²) in [6.45, 7) is 5.37. The van der Waals surface area contributed by atoms with Gasteiger partial charge < -0.3 is 10.1 Å². The minimum atomic E-state index is -0.922. The second-order valence-corrected chi connectivity index (χ2v) is 8.45. The van der Waals surface area contributed by atoms with Crippen molar-refractivity contribution in [2.75, 3.05) is 0 Å². The van der Waals surface area contributed by atoms with Crippen LogP contribution in [0.1, 0.15) is 32.8 Å². The number of hydrogen-bond donors (Lipinski definition) is 2. The van der Waals surface area contributed by atoms with Crippen molar-refractivity contribution in [1.29, 1.82) is 0 Å². The van der Waals surface area contributed by atoms with Crippen LogP contribution in [0.15, 0.2) is 47.6 Å². The summed E-state index contributed by atoms with van der Waals surface area (Å²) in [6, 6.07) is 9.47. The van der Waals surface area contributed by atoms with E-state index in [2.05, 4.69) is 15.8 Å². The van der Waals surface area contributed by atoms with Gasteiger partial charge in [0.2, 0.25) is 0 Å². The van der Waals surface area contributed by atoms with Gasteiger partial charge >= 0.3 is 0 Å². The Morgan fingerprint density at radius 2 is 1.79 bits per heavy atom. The molecule has 11 heteroatoms. The number of benzene rings is 2. The highest BCUT2D eigenvalue weighted by molar-refractivity contribution is 6.35. The number of nitro groups is 1. The molecule has 2 N–H and O–H groups in total. The summed E-state index contributed by atoms with van der Waals surface area (Å²) >= 11 is 11.9. The normalized spacial score (nSPS) is 12.9. The topological polar surface area (TPSA) is 123 Å². The average Bonchev–Trinajstić information content (AvgIpc) is 2.75. The number of nitro benzene ring substituents is 1. The van der Waals surface area contributed by atoms with Crippen LogP contribution < -0.4 is 15.5 Å². The highest BCUT2D eigenvalue weighted by Crippen LogP contribution is 2.28. The van der Waals surface area contributed by atoms with Gasteiger partial charge in [0.25, 0.3) is 17.5 Å². The van der Waals surface area contributed by atoms with Gasteiger partial charge in [-0.2, -0.15) is 5.10 Å². The molecule has 0 aliphatic heterocycles. The first-order chi connectivity index (χ1) is 15.6. The Bertz CT molecular complexity index is 1030. The van der Waals surface area contributed by atoms with Gasteiger partial charge in [-0.15, -0.1) is 0 Å². The standard InChI is InChI=1S/C22H24Cl2N4O5/c1-13(2)10-19(22(30)27-25-12-15-4-7-17(8-5-15)28(31)32)26-21(29)14(3)33-20-9-6-16(23)11-18(20)24/h4-9,11-14,19H,10H2,1-3H3,(H,26,29)(H,27,30)/b25-12-/t14-,19+/m1/s1. The fraction of sp³-hybridized carbons (Fsp3) is 0.318. The van der Waals surface area contributed by atoms with Crippen LogP contribution in [0.4, 0.5) is 5.69 Å². The Labute approximate surface area is 201 Å². The number of carbonyl (C=O) groups is 2. The Morgan fingerprint density at radius 3 is 2.36 bits per heavy atom. The van der Waals surface area contributed by atoms with Gasteiger partial charge in [-0.1, -0.05) is 37.0 Å². The van der Waals surface area contributed by atoms with Crippen molar-refractivity contribution in [1.82, 2.24) is 10.7 Å². The Morgan fingerprint density at radius 1 is 1.12 bits per heavy atom. The molecule has 0 spiro atoms. The molecule has 176 valence electrons. The van der Waals surface area contributed by atoms with Crippen LogP contribution >= 0.6 is 23.2 Å². The quantitative estimate of drug-likeness (QED) is 0.288. The van der Waals surface area contributed by atoms with E-state index in [-0.39, 0.29) is 16.6 Å². The van der Waals surface area contributed by atoms with Gasteiger partial charge in [0.15, 0.2) is 6.10 Å². The van der Waals surface area contributed by atoms with Crippen molar-refractivity contribution < 1.29 is 19.2 Å². The number of non-ortho nitro benzene ring substituents is 1. The molecule has 0 aliphatic carbocycles. The third kappa shape index (κ3) is 8.36. The van der Waals surface area contributed by atoms with Gasteiger partial charge in [0.05, 0.1) is 16.2 Å². The highest BCUT2D eigenvalue weighted by Gasteiger charge is 2.25. The van der Waals surface area contributed by atoms with Crippen molar-refractivity contribution in [2.24, 2.45) is 11.0 Å². The van der Waals surface area contributed by atoms with E-state index < -0.39 is 28.9 Å². The summed E-state index contributed by atoms with van der Waals surface area (Å²) in [7, 11) is 0. The lowest BCUT2D eigenvalue weighted by molar-refractivity contribution is -0.384. The third-order valence-corrected chi connectivity index (χ3v) is 4.93. The molecular formula is C22H24Cl2N4O5. The molecule has 0 bridgehead atoms. The molecule has 0 aromatic heterocycles. The molecule has 0 saturated heterocycles. The molecule has 0 unspecified atom stereocenters. The number of nitrogens with zero attached hydrogens (tertiary/aromatic N) is 2. The van der Waals surface area contributed by atoms with E-state index in [4.69, 9.17) is 27.9 Å². The lowest BCUT2D eigenvalue weighted by Crippen LogP contribution is -2.49. The summed E-state index contributed by atoms with van der Waals surface area (Å²) in [5, 5.41) is 18.0. The second-order valence-electron chi connectivity index (χ2n) is 7.61. The van der Waals surface area contributed by atoms with Gasteiger partial charge in [0.1, 0.15) is 11.8 Å². The van der Waals surface area contributed by atoms with Crippen molar-refractivity contribution >= 4 is 46.9 Å². The summed E-state index contributed by atoms with van der Waals surface area (Å²) in [6.07, 6.45) is 0.804. The highest BCUT2D eigenvalue weighted by atomic mass is 35.5. The molecule has 2 amide bonds. The van der Waals surface area contributed by atoms with E-state index >= 15 is 0 Å². The lowest BCUT2D eigenvalue weighted by atomic mass is 10.0. The Kier molecular flexibility index (Phi) is 9.62. The second kappa shape index (κ2) is 12.2. The maximum absolute atomic E-state index is 12.6. The Hall–Kier alpha value is -3.17. The summed E-state index contributed by atoms with van der Waals surface area (Å²) in [4.78, 5) is 35.4. The third-order valence-electron chi connectivity index (χ3n) is 4.40. The van der Waals surface area contributed by atoms with E-state index in [0.717, 1.165) is 0 Å². The Balaban J connectivity index is 1.99. The van der Waals surface area contributed by atoms with Crippen molar-refractivity contribution in [3.63, 3.8) is 0 Å². The molecule has 2 rings (SSSR count). The van der Waals surface area contributed by atoms with E-state index in [1.165, 1.54) is 43.5 Å². The predicted octanol–water partition coefficient (Wildman–Crippen LogP) is 4.35. The zero-order chi connectivity index (χ0) is 24.5. The van der Waals surface area contributed by atoms with Crippen LogP contribution in [0.5, 0.6) is 5.75 Å². The molecule has 2 aromatic rings. The SMILES string of the molecule is CC(C)C[C@H](NC(=O)[C@@H](C)Oc1ccc(Cl)cc1Cl)C(=O)N/N=C\c1ccc([N+](=O)[O-])cc1. The largest absolute Gasteiger partial charge is 0.479 e. The van der Waals surface area contributed by atoms with Crippen LogP contribution in [0, 0.1) is 16.0 Å². The number of nitrogens with one attached hydrogen (secondary N) is 2. The van der Waals surface area contributed by atoms with Crippen molar-refractivity contribution in [2.45, 2.75) is 39.3 Å². The zero-order valence-corrected chi connectivity index (χ0v) is 19.8. The molecule has 0 radical (unpaired) electrons. The maximum Gasteiger partial charge on any atom is 0.269 e. The molecule has 0 heterocycles. The molecule has 2 atom stereocenters. The predicted molar refractivity (Wildman–Crippen MR) is 127 cm³/mol. The van der Waals surface area contributed by atoms with Crippen molar-refractivity contribution in [3.8, 4) is 5.75 Å². The maximum atomic E-state index is 12.6. The van der Waals surface area contributed by atoms with Gasteiger partial charge in [-0.05, 0) is 55.2 Å². The molecule has 0 aliphatic rings. The minimum Gasteiger partial charge on any atom is -0.479 e. The van der Waals surface area contributed by atoms with E-state index in [9.17, 15) is 19.7 Å². The molecule has 0 fully saturated rings. The van der Waals surface area contributed by atoms with E-state index in [1.807, 2.05) is 13.8 Å². The molecule has 0 saturated carbocycles. The minimum absolute atomic E-state index is 0.0490. The first kappa shape index (κ1) is 26.1. The summed E-state index contributed by atoms with van der Waals surface area (Å²) in [5.41, 5.74) is 2.90. The van der Waals surface area contributed by atoms with Crippen LogP contribution in [-0.4, -0.2) is 35.1 Å². The number of carbonyl (C=O) groups excluding carboxylic acids is 2. The number of hydrazone groups is 1. The summed E-state index contributed by atoms with van der Waals surface area (Å²) in [5.74, 6) is -0.601. The van der Waals surface area contributed by atoms with Crippen LogP contribution in [0.25, 0.3) is 0 Å². The number of amides is 2. The van der Waals surface area contributed by atoms with Gasteiger partial charge in [-0.25, -0.2) is 5.43 Å². The monoisotopic (exact) mass is 494 g/mol. The van der Waals surface area contributed by atoms with E-state index in [1.54, 1.807) is 12.1 Å².